The summed E-state index contributed by atoms with van der Waals surface area (Å²) < 4.78 is 7.03. The summed E-state index contributed by atoms with van der Waals surface area (Å²) in [7, 11) is 3.61. The van der Waals surface area contributed by atoms with Gasteiger partial charge in [0.2, 0.25) is 5.13 Å². The van der Waals surface area contributed by atoms with E-state index in [4.69, 9.17) is 9.72 Å². The highest BCUT2D eigenvalue weighted by Gasteiger charge is 2.13. The maximum atomic E-state index is 5.21. The molecule has 0 bridgehead atoms. The number of aromatic nitrogens is 6. The normalized spacial score (nSPS) is 11.5. The van der Waals surface area contributed by atoms with Gasteiger partial charge in [-0.3, -0.25) is 9.67 Å². The van der Waals surface area contributed by atoms with Crippen LogP contribution in [0.2, 0.25) is 0 Å². The highest BCUT2D eigenvalue weighted by molar-refractivity contribution is 7.15. The van der Waals surface area contributed by atoms with E-state index >= 15 is 0 Å². The number of aryl methyl sites for hydroxylation is 1. The van der Waals surface area contributed by atoms with Gasteiger partial charge in [0, 0.05) is 50.0 Å². The summed E-state index contributed by atoms with van der Waals surface area (Å²) in [6.07, 6.45) is 4.61. The molecule has 0 saturated heterocycles. The van der Waals surface area contributed by atoms with Gasteiger partial charge in [0.25, 0.3) is 0 Å². The van der Waals surface area contributed by atoms with Crippen molar-refractivity contribution in [3.8, 4) is 11.1 Å². The first-order valence-corrected chi connectivity index (χ1v) is 10.2. The van der Waals surface area contributed by atoms with E-state index in [1.54, 1.807) is 18.4 Å². The minimum Gasteiger partial charge on any atom is -0.384 e. The Balaban J connectivity index is 1.65. The van der Waals surface area contributed by atoms with Crippen LogP contribution >= 0.6 is 11.3 Å². The number of nitrogens with one attached hydrogen (secondary N) is 1. The highest BCUT2D eigenvalue weighted by Crippen LogP contribution is 2.28. The van der Waals surface area contributed by atoms with Crippen molar-refractivity contribution < 1.29 is 4.74 Å². The van der Waals surface area contributed by atoms with Crippen LogP contribution in [0.3, 0.4) is 0 Å². The molecule has 0 atom stereocenters. The number of nitrogens with zero attached hydrogens (tertiary/aromatic N) is 6. The van der Waals surface area contributed by atoms with Crippen LogP contribution in [-0.2, 0) is 18.2 Å². The van der Waals surface area contributed by atoms with E-state index in [1.807, 2.05) is 42.3 Å². The van der Waals surface area contributed by atoms with Crippen molar-refractivity contribution in [2.45, 2.75) is 26.2 Å². The molecule has 1 N–H and O–H groups in total. The standard InChI is InChI=1S/C20H23N7OS/c1-12(2)19-24-25-20(29-19)23-18-6-5-16-17(22-18)9-13(10-21-16)14-11-27(3)26-15(14)7-8-28-4/h5-6,9-12H,7-8H2,1-4H3,(H,22,23,25). The average molecular weight is 410 g/mol. The number of rotatable bonds is 7. The molecule has 0 radical (unpaired) electrons. The molecule has 4 aromatic heterocycles. The van der Waals surface area contributed by atoms with Gasteiger partial charge in [-0.25, -0.2) is 4.98 Å². The third-order valence-electron chi connectivity index (χ3n) is 4.47. The maximum Gasteiger partial charge on any atom is 0.211 e. The fraction of sp³-hybridized carbons (Fsp3) is 0.350. The minimum atomic E-state index is 0.353. The minimum absolute atomic E-state index is 0.353. The Labute approximate surface area is 173 Å². The molecule has 0 aliphatic heterocycles. The van der Waals surface area contributed by atoms with Crippen LogP contribution in [0.4, 0.5) is 10.9 Å². The van der Waals surface area contributed by atoms with Crippen molar-refractivity contribution in [2.75, 3.05) is 19.0 Å². The predicted molar refractivity (Wildman–Crippen MR) is 115 cm³/mol. The van der Waals surface area contributed by atoms with Crippen LogP contribution in [0.25, 0.3) is 22.2 Å². The molecule has 0 aliphatic carbocycles. The number of ether oxygens (including phenoxy) is 1. The SMILES string of the molecule is COCCc1nn(C)cc1-c1cnc2ccc(Nc3nnc(C(C)C)s3)nc2c1. The Hall–Kier alpha value is -2.91. The summed E-state index contributed by atoms with van der Waals surface area (Å²) in [4.78, 5) is 9.30. The molecule has 4 heterocycles. The fourth-order valence-electron chi connectivity index (χ4n) is 3.01. The maximum absolute atomic E-state index is 5.21. The van der Waals surface area contributed by atoms with Crippen LogP contribution in [0.1, 0.15) is 30.5 Å². The lowest BCUT2D eigenvalue weighted by Crippen LogP contribution is -1.98. The number of methoxy groups -OCH3 is 1. The van der Waals surface area contributed by atoms with Crippen LogP contribution in [0.5, 0.6) is 0 Å². The monoisotopic (exact) mass is 409 g/mol. The molecule has 29 heavy (non-hydrogen) atoms. The number of hydrogen-bond acceptors (Lipinski definition) is 8. The molecule has 150 valence electrons. The van der Waals surface area contributed by atoms with Gasteiger partial charge in [0.1, 0.15) is 10.8 Å². The zero-order valence-electron chi connectivity index (χ0n) is 16.9. The van der Waals surface area contributed by atoms with E-state index in [-0.39, 0.29) is 0 Å². The number of hydrogen-bond donors (Lipinski definition) is 1. The van der Waals surface area contributed by atoms with Crippen LogP contribution in [-0.4, -0.2) is 43.7 Å². The molecule has 0 aromatic carbocycles. The summed E-state index contributed by atoms with van der Waals surface area (Å²) in [6, 6.07) is 5.90. The van der Waals surface area contributed by atoms with Crippen LogP contribution in [0, 0.1) is 0 Å². The van der Waals surface area contributed by atoms with Gasteiger partial charge >= 0.3 is 0 Å². The molecular weight excluding hydrogens is 386 g/mol. The van der Waals surface area contributed by atoms with E-state index in [0.29, 0.717) is 18.3 Å². The molecule has 0 aliphatic rings. The van der Waals surface area contributed by atoms with Crippen molar-refractivity contribution in [2.24, 2.45) is 7.05 Å². The summed E-state index contributed by atoms with van der Waals surface area (Å²) in [5, 5.41) is 17.9. The lowest BCUT2D eigenvalue weighted by Gasteiger charge is -2.06. The molecule has 8 nitrogen and oxygen atoms in total. The van der Waals surface area contributed by atoms with Crippen LogP contribution < -0.4 is 5.32 Å². The van der Waals surface area contributed by atoms with E-state index < -0.39 is 0 Å². The van der Waals surface area contributed by atoms with Crippen molar-refractivity contribution in [3.63, 3.8) is 0 Å². The smallest absolute Gasteiger partial charge is 0.211 e. The van der Waals surface area contributed by atoms with Gasteiger partial charge in [0.15, 0.2) is 0 Å². The quantitative estimate of drug-likeness (QED) is 0.494. The summed E-state index contributed by atoms with van der Waals surface area (Å²) in [5.41, 5.74) is 4.66. The van der Waals surface area contributed by atoms with Crippen molar-refractivity contribution >= 4 is 33.3 Å². The predicted octanol–water partition coefficient (Wildman–Crippen LogP) is 3.94. The highest BCUT2D eigenvalue weighted by atomic mass is 32.1. The first-order valence-electron chi connectivity index (χ1n) is 9.42. The third-order valence-corrected chi connectivity index (χ3v) is 5.61. The number of pyridine rings is 2. The molecule has 4 aromatic rings. The largest absolute Gasteiger partial charge is 0.384 e. The summed E-state index contributed by atoms with van der Waals surface area (Å²) in [6.45, 7) is 4.83. The average Bonchev–Trinajstić information content (AvgIpc) is 3.32. The molecule has 0 saturated carbocycles. The van der Waals surface area contributed by atoms with E-state index in [9.17, 15) is 0 Å². The third kappa shape index (κ3) is 4.25. The zero-order chi connectivity index (χ0) is 20.4. The lowest BCUT2D eigenvalue weighted by atomic mass is 10.1. The van der Waals surface area contributed by atoms with E-state index in [2.05, 4.69) is 39.4 Å². The lowest BCUT2D eigenvalue weighted by molar-refractivity contribution is 0.201. The van der Waals surface area contributed by atoms with E-state index in [0.717, 1.165) is 44.4 Å². The Morgan fingerprint density at radius 3 is 2.83 bits per heavy atom. The Kier molecular flexibility index (Phi) is 5.50. The second kappa shape index (κ2) is 8.22. The number of fused-ring (bicyclic) bond motifs is 1. The van der Waals surface area contributed by atoms with Crippen molar-refractivity contribution in [1.82, 2.24) is 29.9 Å². The van der Waals surface area contributed by atoms with Gasteiger partial charge in [-0.05, 0) is 18.2 Å². The Morgan fingerprint density at radius 2 is 2.07 bits per heavy atom. The molecule has 0 spiro atoms. The fourth-order valence-corrected chi connectivity index (χ4v) is 3.76. The van der Waals surface area contributed by atoms with Crippen molar-refractivity contribution in [3.05, 3.63) is 41.3 Å². The molecule has 0 amide bonds. The van der Waals surface area contributed by atoms with E-state index in [1.165, 1.54) is 0 Å². The number of anilines is 2. The first-order chi connectivity index (χ1) is 14.0. The van der Waals surface area contributed by atoms with Crippen LogP contribution in [0.15, 0.2) is 30.6 Å². The van der Waals surface area contributed by atoms with Gasteiger partial charge in [0.05, 0.1) is 23.3 Å². The Morgan fingerprint density at radius 1 is 1.21 bits per heavy atom. The zero-order valence-corrected chi connectivity index (χ0v) is 17.7. The molecule has 0 fully saturated rings. The van der Waals surface area contributed by atoms with Crippen molar-refractivity contribution in [1.29, 1.82) is 0 Å². The topological polar surface area (TPSA) is 90.6 Å². The molecule has 9 heteroatoms. The second-order valence-corrected chi connectivity index (χ2v) is 8.10. The van der Waals surface area contributed by atoms with Gasteiger partial charge < -0.3 is 10.1 Å². The molecule has 0 unspecified atom stereocenters. The Bertz CT molecular complexity index is 1140. The molecular formula is C20H23N7OS. The van der Waals surface area contributed by atoms with Gasteiger partial charge in [-0.15, -0.1) is 10.2 Å². The summed E-state index contributed by atoms with van der Waals surface area (Å²) >= 11 is 1.54. The summed E-state index contributed by atoms with van der Waals surface area (Å²) in [5.74, 6) is 1.07. The first kappa shape index (κ1) is 19.4. The second-order valence-electron chi connectivity index (χ2n) is 7.09. The van der Waals surface area contributed by atoms with Gasteiger partial charge in [-0.1, -0.05) is 25.2 Å². The van der Waals surface area contributed by atoms with Gasteiger partial charge in [-0.2, -0.15) is 5.10 Å². The molecule has 4 rings (SSSR count).